The summed E-state index contributed by atoms with van der Waals surface area (Å²) >= 11 is 1.67. The zero-order valence-corrected chi connectivity index (χ0v) is 14.9. The maximum Gasteiger partial charge on any atom is 0.172 e. The molecule has 1 heterocycles. The molecule has 1 atom stereocenters. The highest BCUT2D eigenvalue weighted by Gasteiger charge is 2.26. The van der Waals surface area contributed by atoms with Crippen molar-refractivity contribution in [1.82, 2.24) is 5.01 Å². The Morgan fingerprint density at radius 2 is 1.23 bits per heavy atom. The molecule has 1 radical (unpaired) electrons. The van der Waals surface area contributed by atoms with Crippen LogP contribution in [0.15, 0.2) is 96.0 Å². The molecule has 1 aliphatic rings. The maximum absolute atomic E-state index is 3.53. The van der Waals surface area contributed by atoms with E-state index in [0.717, 1.165) is 22.1 Å². The molecule has 0 aromatic heterocycles. The van der Waals surface area contributed by atoms with Crippen LogP contribution in [0.4, 0.5) is 17.1 Å². The van der Waals surface area contributed by atoms with Gasteiger partial charge in [-0.3, -0.25) is 10.4 Å². The Hall–Kier alpha value is -3.05. The van der Waals surface area contributed by atoms with E-state index in [1.807, 2.05) is 83.9 Å². The summed E-state index contributed by atoms with van der Waals surface area (Å²) in [6, 6.07) is 30.4. The number of hydrogen-bond donors (Lipinski definition) is 3. The average molecular weight is 359 g/mol. The van der Waals surface area contributed by atoms with Crippen LogP contribution in [0.1, 0.15) is 0 Å². The molecule has 0 aliphatic carbocycles. The Labute approximate surface area is 157 Å². The Morgan fingerprint density at radius 3 is 1.85 bits per heavy atom. The van der Waals surface area contributed by atoms with Crippen molar-refractivity contribution in [2.75, 3.05) is 16.1 Å². The number of anilines is 3. The quantitative estimate of drug-likeness (QED) is 0.566. The summed E-state index contributed by atoms with van der Waals surface area (Å²) in [6.45, 7) is 0. The molecule has 129 valence electrons. The number of thioether (sulfide) groups is 1. The highest BCUT2D eigenvalue weighted by Crippen LogP contribution is 2.33. The number of nitrogens with one attached hydrogen (secondary N) is 3. The molecule has 4 rings (SSSR count). The zero-order valence-electron chi connectivity index (χ0n) is 14.1. The minimum Gasteiger partial charge on any atom is -0.355 e. The lowest BCUT2D eigenvalue weighted by molar-refractivity contribution is 0.439. The molecule has 4 nitrogen and oxygen atoms in total. The first-order valence-electron chi connectivity index (χ1n) is 8.42. The van der Waals surface area contributed by atoms with E-state index < -0.39 is 0 Å². The molecule has 3 aromatic carbocycles. The molecule has 0 bridgehead atoms. The number of benzene rings is 3. The fourth-order valence-corrected chi connectivity index (χ4v) is 3.53. The highest BCUT2D eigenvalue weighted by molar-refractivity contribution is 8.04. The predicted molar refractivity (Wildman–Crippen MR) is 110 cm³/mol. The lowest BCUT2D eigenvalue weighted by atomic mass is 10.3. The topological polar surface area (TPSA) is 39.3 Å². The van der Waals surface area contributed by atoms with Crippen molar-refractivity contribution in [2.24, 2.45) is 0 Å². The van der Waals surface area contributed by atoms with Crippen LogP contribution in [-0.2, 0) is 0 Å². The molecule has 3 N–H and O–H groups in total. The van der Waals surface area contributed by atoms with E-state index in [1.54, 1.807) is 11.8 Å². The number of rotatable bonds is 6. The third-order valence-corrected chi connectivity index (χ3v) is 4.79. The largest absolute Gasteiger partial charge is 0.355 e. The lowest BCUT2D eigenvalue weighted by Gasteiger charge is -2.26. The summed E-state index contributed by atoms with van der Waals surface area (Å²) in [7, 11) is 0. The van der Waals surface area contributed by atoms with E-state index in [1.165, 1.54) is 0 Å². The molecular formula is C21H19N4S. The molecular weight excluding hydrogens is 340 g/mol. The second-order valence-electron chi connectivity index (χ2n) is 5.76. The first kappa shape index (κ1) is 16.4. The van der Waals surface area contributed by atoms with Crippen molar-refractivity contribution in [3.05, 3.63) is 102 Å². The van der Waals surface area contributed by atoms with Gasteiger partial charge in [0, 0.05) is 11.4 Å². The summed E-state index contributed by atoms with van der Waals surface area (Å²) in [6.07, 6.45) is 3.39. The summed E-state index contributed by atoms with van der Waals surface area (Å²) in [5.41, 5.74) is 6.50. The van der Waals surface area contributed by atoms with Gasteiger partial charge in [0.25, 0.3) is 0 Å². The Kier molecular flexibility index (Phi) is 4.98. The minimum atomic E-state index is -0.0242. The van der Waals surface area contributed by atoms with Crippen LogP contribution >= 0.6 is 11.8 Å². The van der Waals surface area contributed by atoms with E-state index >= 15 is 0 Å². The molecule has 5 heteroatoms. The molecule has 0 saturated carbocycles. The molecule has 1 aliphatic heterocycles. The fraction of sp³-hybridized carbons (Fsp3) is 0.0476. The van der Waals surface area contributed by atoms with Gasteiger partial charge in [0.15, 0.2) is 5.50 Å². The first-order valence-corrected chi connectivity index (χ1v) is 9.30. The van der Waals surface area contributed by atoms with Gasteiger partial charge in [-0.25, -0.2) is 0 Å². The third kappa shape index (κ3) is 4.13. The Morgan fingerprint density at radius 1 is 0.692 bits per heavy atom. The maximum atomic E-state index is 3.53. The van der Waals surface area contributed by atoms with Crippen molar-refractivity contribution in [3.8, 4) is 0 Å². The monoisotopic (exact) mass is 359 g/mol. The summed E-state index contributed by atoms with van der Waals surface area (Å²) in [4.78, 5) is 0. The van der Waals surface area contributed by atoms with Gasteiger partial charge >= 0.3 is 0 Å². The lowest BCUT2D eigenvalue weighted by Crippen LogP contribution is -2.36. The second-order valence-corrected chi connectivity index (χ2v) is 6.85. The van der Waals surface area contributed by atoms with Crippen LogP contribution in [0.25, 0.3) is 0 Å². The van der Waals surface area contributed by atoms with Crippen LogP contribution in [-0.4, -0.2) is 10.5 Å². The van der Waals surface area contributed by atoms with Crippen LogP contribution in [0, 0.1) is 6.20 Å². The van der Waals surface area contributed by atoms with E-state index in [4.69, 9.17) is 0 Å². The number of para-hydroxylation sites is 3. The van der Waals surface area contributed by atoms with E-state index in [0.29, 0.717) is 0 Å². The fourth-order valence-electron chi connectivity index (χ4n) is 2.58. The van der Waals surface area contributed by atoms with Gasteiger partial charge in [-0.15, -0.1) is 0 Å². The summed E-state index contributed by atoms with van der Waals surface area (Å²) in [5, 5.41) is 9.86. The van der Waals surface area contributed by atoms with Crippen LogP contribution in [0.2, 0.25) is 0 Å². The average Bonchev–Trinajstić information content (AvgIpc) is 3.05. The van der Waals surface area contributed by atoms with E-state index in [-0.39, 0.29) is 5.50 Å². The van der Waals surface area contributed by atoms with Crippen molar-refractivity contribution in [2.45, 2.75) is 5.50 Å². The zero-order chi connectivity index (χ0) is 17.6. The smallest absolute Gasteiger partial charge is 0.172 e. The van der Waals surface area contributed by atoms with Crippen molar-refractivity contribution < 1.29 is 0 Å². The first-order chi connectivity index (χ1) is 12.9. The number of hydrazine groups is 1. The van der Waals surface area contributed by atoms with Crippen molar-refractivity contribution in [3.63, 3.8) is 0 Å². The van der Waals surface area contributed by atoms with Crippen molar-refractivity contribution >= 4 is 28.8 Å². The molecule has 0 amide bonds. The van der Waals surface area contributed by atoms with Gasteiger partial charge in [0.2, 0.25) is 0 Å². The van der Waals surface area contributed by atoms with Crippen LogP contribution in [0.3, 0.4) is 0 Å². The standard InChI is InChI=1S/C21H19N4S/c1-4-10-17(11-5-1)22-20-16-25(24-19-14-8-3-9-15-19)21(26-20)23-18-12-6-2-7-13-18/h1-15,21-24H. The molecule has 26 heavy (non-hydrogen) atoms. The van der Waals surface area contributed by atoms with Gasteiger partial charge in [0.1, 0.15) is 11.2 Å². The second kappa shape index (κ2) is 7.89. The van der Waals surface area contributed by atoms with Gasteiger partial charge < -0.3 is 10.6 Å². The predicted octanol–water partition coefficient (Wildman–Crippen LogP) is 5.17. The Balaban J connectivity index is 1.52. The molecule has 0 saturated heterocycles. The normalized spacial score (nSPS) is 16.1. The van der Waals surface area contributed by atoms with E-state index in [2.05, 4.69) is 34.4 Å². The van der Waals surface area contributed by atoms with Gasteiger partial charge in [-0.05, 0) is 36.4 Å². The van der Waals surface area contributed by atoms with Gasteiger partial charge in [0.05, 0.1) is 5.69 Å². The Bertz CT molecular complexity index is 853. The summed E-state index contributed by atoms with van der Waals surface area (Å²) < 4.78 is 0. The van der Waals surface area contributed by atoms with Crippen LogP contribution < -0.4 is 16.1 Å². The van der Waals surface area contributed by atoms with Crippen molar-refractivity contribution in [1.29, 1.82) is 0 Å². The third-order valence-electron chi connectivity index (χ3n) is 3.80. The molecule has 0 fully saturated rings. The van der Waals surface area contributed by atoms with Gasteiger partial charge in [-0.2, -0.15) is 0 Å². The minimum absolute atomic E-state index is 0.0242. The molecule has 3 aromatic rings. The molecule has 1 unspecified atom stereocenters. The summed E-state index contributed by atoms with van der Waals surface area (Å²) in [5.74, 6) is 0. The van der Waals surface area contributed by atoms with Crippen LogP contribution in [0.5, 0.6) is 0 Å². The van der Waals surface area contributed by atoms with Gasteiger partial charge in [-0.1, -0.05) is 66.4 Å². The molecule has 0 spiro atoms. The number of nitrogens with zero attached hydrogens (tertiary/aromatic N) is 1. The number of hydrogen-bond acceptors (Lipinski definition) is 5. The highest BCUT2D eigenvalue weighted by atomic mass is 32.2. The SMILES string of the molecule is [C]1=C(Nc2ccccc2)SC(Nc2ccccc2)N1Nc1ccccc1. The van der Waals surface area contributed by atoms with E-state index in [9.17, 15) is 0 Å².